The Hall–Kier alpha value is -0.320. The molecule has 1 aliphatic rings. The molecule has 16 heavy (non-hydrogen) atoms. The topological polar surface area (TPSA) is 42.2 Å². The molecule has 0 aromatic carbocycles. The van der Waals surface area contributed by atoms with Crippen molar-refractivity contribution in [2.45, 2.75) is 39.3 Å². The van der Waals surface area contributed by atoms with E-state index in [1.807, 2.05) is 6.20 Å². The van der Waals surface area contributed by atoms with Crippen LogP contribution in [0.15, 0.2) is 6.20 Å². The van der Waals surface area contributed by atoms with E-state index >= 15 is 0 Å². The molecule has 1 aromatic heterocycles. The molecule has 0 bridgehead atoms. The third-order valence-corrected chi connectivity index (χ3v) is 3.97. The summed E-state index contributed by atoms with van der Waals surface area (Å²) in [4.78, 5) is 7.90. The second-order valence-corrected chi connectivity index (χ2v) is 6.31. The van der Waals surface area contributed by atoms with Crippen molar-refractivity contribution in [3.63, 3.8) is 0 Å². The van der Waals surface area contributed by atoms with Gasteiger partial charge in [0, 0.05) is 29.7 Å². The van der Waals surface area contributed by atoms with Crippen molar-refractivity contribution in [3.8, 4) is 0 Å². The van der Waals surface area contributed by atoms with Crippen molar-refractivity contribution in [1.29, 1.82) is 0 Å². The number of nitrogens with two attached hydrogens (primary N) is 1. The van der Waals surface area contributed by atoms with E-state index in [1.54, 1.807) is 11.3 Å². The third kappa shape index (κ3) is 2.87. The molecule has 92 valence electrons. The highest BCUT2D eigenvalue weighted by Crippen LogP contribution is 2.34. The van der Waals surface area contributed by atoms with Gasteiger partial charge in [-0.3, -0.25) is 4.90 Å². The lowest BCUT2D eigenvalue weighted by molar-refractivity contribution is 0.167. The van der Waals surface area contributed by atoms with Gasteiger partial charge in [0.1, 0.15) is 0 Å². The molecule has 1 fully saturated rings. The molecule has 0 radical (unpaired) electrons. The molecule has 2 rings (SSSR count). The van der Waals surface area contributed by atoms with Gasteiger partial charge in [-0.2, -0.15) is 0 Å². The Morgan fingerprint density at radius 2 is 2.31 bits per heavy atom. The summed E-state index contributed by atoms with van der Waals surface area (Å²) in [7, 11) is 0. The highest BCUT2D eigenvalue weighted by molar-refractivity contribution is 7.15. The Labute approximate surface area is 107 Å². The van der Waals surface area contributed by atoms with Crippen molar-refractivity contribution in [2.75, 3.05) is 12.3 Å². The quantitative estimate of drug-likeness (QED) is 0.890. The van der Waals surface area contributed by atoms with E-state index in [-0.39, 0.29) is 12.4 Å². The predicted molar refractivity (Wildman–Crippen MR) is 72.0 cm³/mol. The maximum Gasteiger partial charge on any atom is 0.180 e. The van der Waals surface area contributed by atoms with E-state index < -0.39 is 0 Å². The average Bonchev–Trinajstić information content (AvgIpc) is 2.58. The Kier molecular flexibility index (Phi) is 4.21. The van der Waals surface area contributed by atoms with Gasteiger partial charge in [0.25, 0.3) is 0 Å². The van der Waals surface area contributed by atoms with Crippen LogP contribution in [0, 0.1) is 5.92 Å². The molecule has 5 heteroatoms. The normalized spacial score (nSPS) is 24.3. The van der Waals surface area contributed by atoms with Gasteiger partial charge in [0.05, 0.1) is 0 Å². The zero-order valence-electron chi connectivity index (χ0n) is 10.1. The van der Waals surface area contributed by atoms with Gasteiger partial charge >= 0.3 is 0 Å². The highest BCUT2D eigenvalue weighted by Gasteiger charge is 2.36. The van der Waals surface area contributed by atoms with E-state index in [4.69, 9.17) is 5.73 Å². The average molecular weight is 262 g/mol. The fourth-order valence-electron chi connectivity index (χ4n) is 2.53. The minimum absolute atomic E-state index is 0. The Balaban J connectivity index is 0.00000128. The van der Waals surface area contributed by atoms with Crippen LogP contribution in [0.5, 0.6) is 0 Å². The number of nitrogens with zero attached hydrogens (tertiary/aromatic N) is 2. The molecule has 2 N–H and O–H groups in total. The first-order chi connectivity index (χ1) is 6.97. The first kappa shape index (κ1) is 13.7. The molecule has 1 atom stereocenters. The van der Waals surface area contributed by atoms with Crippen LogP contribution in [0.25, 0.3) is 0 Å². The Bertz CT molecular complexity index is 351. The van der Waals surface area contributed by atoms with Gasteiger partial charge in [0.2, 0.25) is 0 Å². The van der Waals surface area contributed by atoms with Crippen LogP contribution < -0.4 is 5.73 Å². The molecule has 1 aromatic rings. The van der Waals surface area contributed by atoms with Crippen LogP contribution in [-0.4, -0.2) is 22.0 Å². The number of halogens is 1. The van der Waals surface area contributed by atoms with Crippen LogP contribution >= 0.6 is 23.7 Å². The summed E-state index contributed by atoms with van der Waals surface area (Å²) in [6.45, 7) is 9.14. The van der Waals surface area contributed by atoms with Crippen LogP contribution in [0.2, 0.25) is 0 Å². The molecule has 1 saturated heterocycles. The van der Waals surface area contributed by atoms with Crippen molar-refractivity contribution in [2.24, 2.45) is 5.92 Å². The van der Waals surface area contributed by atoms with E-state index in [0.29, 0.717) is 10.7 Å². The van der Waals surface area contributed by atoms with Gasteiger partial charge < -0.3 is 5.73 Å². The minimum Gasteiger partial charge on any atom is -0.375 e. The zero-order chi connectivity index (χ0) is 11.1. The number of likely N-dealkylation sites (tertiary alicyclic amines) is 1. The lowest BCUT2D eigenvalue weighted by atomic mass is 9.98. The summed E-state index contributed by atoms with van der Waals surface area (Å²) in [6.07, 6.45) is 3.18. The molecule has 3 nitrogen and oxygen atoms in total. The Morgan fingerprint density at radius 1 is 1.62 bits per heavy atom. The second kappa shape index (κ2) is 4.90. The Morgan fingerprint density at radius 3 is 2.75 bits per heavy atom. The summed E-state index contributed by atoms with van der Waals surface area (Å²) in [5.74, 6) is 0.797. The minimum atomic E-state index is 0. The maximum absolute atomic E-state index is 5.64. The molecule has 1 aliphatic heterocycles. The standard InChI is InChI=1S/C11H19N3S.ClH/c1-8-4-11(2,3)14(6-8)7-9-5-13-10(12)15-9;/h5,8H,4,6-7H2,1-3H3,(H2,12,13);1H. The van der Waals surface area contributed by atoms with E-state index in [1.165, 1.54) is 17.8 Å². The van der Waals surface area contributed by atoms with Crippen molar-refractivity contribution >= 4 is 28.9 Å². The molecule has 2 heterocycles. The lowest BCUT2D eigenvalue weighted by Gasteiger charge is -2.30. The zero-order valence-corrected chi connectivity index (χ0v) is 11.7. The van der Waals surface area contributed by atoms with Gasteiger partial charge in [-0.15, -0.1) is 23.7 Å². The van der Waals surface area contributed by atoms with Gasteiger partial charge in [0.15, 0.2) is 5.13 Å². The molecule has 0 spiro atoms. The number of nitrogen functional groups attached to an aromatic ring is 1. The maximum atomic E-state index is 5.64. The van der Waals surface area contributed by atoms with Crippen molar-refractivity contribution in [3.05, 3.63) is 11.1 Å². The fourth-order valence-corrected chi connectivity index (χ4v) is 3.23. The number of thiazole rings is 1. The summed E-state index contributed by atoms with van der Waals surface area (Å²) in [5, 5.41) is 0.676. The number of hydrogen-bond acceptors (Lipinski definition) is 4. The van der Waals surface area contributed by atoms with Crippen molar-refractivity contribution < 1.29 is 0 Å². The summed E-state index contributed by atoms with van der Waals surface area (Å²) < 4.78 is 0. The molecule has 0 saturated carbocycles. The summed E-state index contributed by atoms with van der Waals surface area (Å²) in [6, 6.07) is 0. The molecule has 1 unspecified atom stereocenters. The number of hydrogen-bond donors (Lipinski definition) is 1. The summed E-state index contributed by atoms with van der Waals surface area (Å²) in [5.41, 5.74) is 5.95. The predicted octanol–water partition coefficient (Wildman–Crippen LogP) is 2.77. The van der Waals surface area contributed by atoms with Gasteiger partial charge in [-0.25, -0.2) is 4.98 Å². The molecule has 0 amide bonds. The lowest BCUT2D eigenvalue weighted by Crippen LogP contribution is -2.37. The molecule has 0 aliphatic carbocycles. The van der Waals surface area contributed by atoms with Crippen LogP contribution in [-0.2, 0) is 6.54 Å². The van der Waals surface area contributed by atoms with Crippen LogP contribution in [0.4, 0.5) is 5.13 Å². The fraction of sp³-hybridized carbons (Fsp3) is 0.727. The van der Waals surface area contributed by atoms with E-state index in [0.717, 1.165) is 12.5 Å². The number of anilines is 1. The van der Waals surface area contributed by atoms with Crippen molar-refractivity contribution in [1.82, 2.24) is 9.88 Å². The highest BCUT2D eigenvalue weighted by atomic mass is 35.5. The SMILES string of the molecule is CC1CN(Cc2cnc(N)s2)C(C)(C)C1.Cl. The first-order valence-electron chi connectivity index (χ1n) is 5.42. The molecular weight excluding hydrogens is 242 g/mol. The second-order valence-electron chi connectivity index (χ2n) is 5.17. The third-order valence-electron chi connectivity index (χ3n) is 3.15. The van der Waals surface area contributed by atoms with E-state index in [9.17, 15) is 0 Å². The van der Waals surface area contributed by atoms with Gasteiger partial charge in [-0.05, 0) is 26.2 Å². The van der Waals surface area contributed by atoms with Crippen LogP contribution in [0.3, 0.4) is 0 Å². The monoisotopic (exact) mass is 261 g/mol. The van der Waals surface area contributed by atoms with E-state index in [2.05, 4.69) is 30.7 Å². The molecular formula is C11H20ClN3S. The first-order valence-corrected chi connectivity index (χ1v) is 6.24. The number of rotatable bonds is 2. The van der Waals surface area contributed by atoms with Crippen LogP contribution in [0.1, 0.15) is 32.1 Å². The summed E-state index contributed by atoms with van der Waals surface area (Å²) >= 11 is 1.60. The smallest absolute Gasteiger partial charge is 0.180 e. The van der Waals surface area contributed by atoms with Gasteiger partial charge in [-0.1, -0.05) is 6.92 Å². The largest absolute Gasteiger partial charge is 0.375 e. The number of aromatic nitrogens is 1.